The number of alkyl halides is 3. The molecule has 2 aliphatic rings. The van der Waals surface area contributed by atoms with Gasteiger partial charge in [0.25, 0.3) is 5.69 Å². The van der Waals surface area contributed by atoms with Crippen molar-refractivity contribution in [1.82, 2.24) is 0 Å². The maximum absolute atomic E-state index is 13.2. The Balaban J connectivity index is 1.57. The van der Waals surface area contributed by atoms with E-state index in [1.165, 1.54) is 17.2 Å². The van der Waals surface area contributed by atoms with Gasteiger partial charge in [-0.05, 0) is 64.2 Å². The summed E-state index contributed by atoms with van der Waals surface area (Å²) in [4.78, 5) is 9.90. The van der Waals surface area contributed by atoms with Crippen LogP contribution in [0.1, 0.15) is 57.9 Å². The number of hydrogen-bond donors (Lipinski definition) is 1. The Morgan fingerprint density at radius 1 is 1.13 bits per heavy atom. The van der Waals surface area contributed by atoms with Gasteiger partial charge in [-0.15, -0.1) is 0 Å². The minimum atomic E-state index is -4.78. The summed E-state index contributed by atoms with van der Waals surface area (Å²) in [5.74, 6) is 0.963. The number of hydrogen-bond acceptors (Lipinski definition) is 4. The molecule has 0 aliphatic heterocycles. The third kappa shape index (κ3) is 6.12. The quantitative estimate of drug-likeness (QED) is 0.402. The van der Waals surface area contributed by atoms with E-state index in [4.69, 9.17) is 4.74 Å². The van der Waals surface area contributed by atoms with Gasteiger partial charge in [-0.3, -0.25) is 10.1 Å². The maximum atomic E-state index is 13.2. The summed E-state index contributed by atoms with van der Waals surface area (Å²) in [6.45, 7) is 4.23. The van der Waals surface area contributed by atoms with Gasteiger partial charge in [0.15, 0.2) is 0 Å². The molecule has 1 aromatic rings. The molecule has 0 aromatic heterocycles. The first-order valence-electron chi connectivity index (χ1n) is 10.5. The van der Waals surface area contributed by atoms with Crippen LogP contribution in [0.5, 0.6) is 0 Å². The van der Waals surface area contributed by atoms with Crippen LogP contribution in [0, 0.1) is 10.1 Å². The lowest BCUT2D eigenvalue weighted by Crippen LogP contribution is -2.29. The Kier molecular flexibility index (Phi) is 7.08. The van der Waals surface area contributed by atoms with Crippen LogP contribution in [0.25, 0.3) is 0 Å². The summed E-state index contributed by atoms with van der Waals surface area (Å²) in [6.07, 6.45) is 6.32. The molecule has 3 rings (SSSR count). The molecule has 0 spiro atoms. The Bertz CT molecular complexity index is 911. The van der Waals surface area contributed by atoms with Crippen LogP contribution < -0.4 is 5.32 Å². The number of nitrogens with one attached hydrogen (secondary N) is 1. The highest BCUT2D eigenvalue weighted by molar-refractivity contribution is 5.55. The molecular formula is C23H27F3N2O3. The molecule has 2 aliphatic carbocycles. The molecule has 0 heterocycles. The van der Waals surface area contributed by atoms with Crippen molar-refractivity contribution in [2.24, 2.45) is 0 Å². The number of allylic oxidation sites excluding steroid dienone is 6. The third-order valence-corrected chi connectivity index (χ3v) is 5.91. The Hall–Kier alpha value is -2.77. The van der Waals surface area contributed by atoms with Crippen molar-refractivity contribution in [2.75, 3.05) is 5.32 Å². The van der Waals surface area contributed by atoms with E-state index in [2.05, 4.69) is 25.2 Å². The number of nitro benzene ring substituents is 1. The normalized spacial score (nSPS) is 24.1. The number of rotatable bonds is 5. The summed E-state index contributed by atoms with van der Waals surface area (Å²) in [6, 6.07) is 3.07. The number of anilines is 1. The second-order valence-corrected chi connectivity index (χ2v) is 8.18. The number of nitrogens with zero attached hydrogens (tertiary/aromatic N) is 1. The zero-order valence-electron chi connectivity index (χ0n) is 17.7. The molecule has 0 atom stereocenters. The van der Waals surface area contributed by atoms with Gasteiger partial charge in [-0.1, -0.05) is 23.3 Å². The van der Waals surface area contributed by atoms with Gasteiger partial charge in [0.1, 0.15) is 5.56 Å². The topological polar surface area (TPSA) is 64.4 Å². The van der Waals surface area contributed by atoms with Crippen molar-refractivity contribution in [3.8, 4) is 0 Å². The summed E-state index contributed by atoms with van der Waals surface area (Å²) < 4.78 is 45.7. The molecule has 0 bridgehead atoms. The van der Waals surface area contributed by atoms with Crippen LogP contribution in [0.2, 0.25) is 0 Å². The molecule has 1 aromatic carbocycles. The number of ether oxygens (including phenoxy) is 1. The smallest absolute Gasteiger partial charge is 0.423 e. The third-order valence-electron chi connectivity index (χ3n) is 5.91. The van der Waals surface area contributed by atoms with Crippen LogP contribution >= 0.6 is 0 Å². The van der Waals surface area contributed by atoms with Gasteiger partial charge >= 0.3 is 6.18 Å². The summed E-state index contributed by atoms with van der Waals surface area (Å²) in [5, 5.41) is 14.0. The average molecular weight is 436 g/mol. The summed E-state index contributed by atoms with van der Waals surface area (Å²) in [7, 11) is 0. The number of halogens is 3. The molecule has 1 N–H and O–H groups in total. The van der Waals surface area contributed by atoms with Gasteiger partial charge in [-0.2, -0.15) is 13.2 Å². The van der Waals surface area contributed by atoms with Crippen LogP contribution in [0.3, 0.4) is 0 Å². The molecule has 8 heteroatoms. The highest BCUT2D eigenvalue weighted by Crippen LogP contribution is 2.38. The van der Waals surface area contributed by atoms with Crippen molar-refractivity contribution in [2.45, 2.75) is 70.7 Å². The first-order valence-corrected chi connectivity index (χ1v) is 10.5. The monoisotopic (exact) mass is 436 g/mol. The highest BCUT2D eigenvalue weighted by Gasteiger charge is 2.38. The second-order valence-electron chi connectivity index (χ2n) is 8.18. The van der Waals surface area contributed by atoms with E-state index in [0.717, 1.165) is 56.4 Å². The lowest BCUT2D eigenvalue weighted by atomic mass is 9.92. The molecule has 1 saturated carbocycles. The Morgan fingerprint density at radius 2 is 1.84 bits per heavy atom. The lowest BCUT2D eigenvalue weighted by Gasteiger charge is -2.31. The molecule has 31 heavy (non-hydrogen) atoms. The van der Waals surface area contributed by atoms with E-state index >= 15 is 0 Å². The number of nitro groups is 1. The maximum Gasteiger partial charge on any atom is 0.423 e. The Morgan fingerprint density at radius 3 is 2.48 bits per heavy atom. The van der Waals surface area contributed by atoms with E-state index in [0.29, 0.717) is 0 Å². The second kappa shape index (κ2) is 9.58. The fraction of sp³-hybridized carbons (Fsp3) is 0.478. The molecule has 0 saturated heterocycles. The van der Waals surface area contributed by atoms with E-state index in [-0.39, 0.29) is 17.8 Å². The molecule has 0 unspecified atom stereocenters. The zero-order chi connectivity index (χ0) is 22.6. The van der Waals surface area contributed by atoms with Crippen LogP contribution in [-0.4, -0.2) is 17.1 Å². The fourth-order valence-electron chi connectivity index (χ4n) is 3.92. The van der Waals surface area contributed by atoms with Crippen molar-refractivity contribution < 1.29 is 22.8 Å². The van der Waals surface area contributed by atoms with Gasteiger partial charge in [0, 0.05) is 24.2 Å². The predicted octanol–water partition coefficient (Wildman–Crippen LogP) is 6.92. The molecule has 1 fully saturated rings. The molecule has 0 amide bonds. The van der Waals surface area contributed by atoms with Gasteiger partial charge in [-0.25, -0.2) is 0 Å². The highest BCUT2D eigenvalue weighted by atomic mass is 19.4. The molecule has 0 radical (unpaired) electrons. The van der Waals surface area contributed by atoms with Crippen molar-refractivity contribution >= 4 is 11.4 Å². The van der Waals surface area contributed by atoms with Crippen LogP contribution in [0.15, 0.2) is 53.3 Å². The minimum Gasteiger partial charge on any atom is -0.495 e. The standard InChI is InChI=1S/C23H27F3N2O3/c1-15-4-3-5-19(10-6-16(15)2)31-20-11-7-17(8-12-20)27-18-9-13-22(28(29)30)21(14-18)23(24,25)26/h3-5,9,13-14,17,20,27H,6-8,10-12H2,1-2H3/b4-3?,16-15?,19-5-. The SMILES string of the molecule is CC1=C(C)CC/C(OC2CCC(Nc3ccc([N+](=O)[O-])c(C(F)(F)F)c3)CC2)=C/C=C1. The van der Waals surface area contributed by atoms with Gasteiger partial charge in [0.05, 0.1) is 16.8 Å². The predicted molar refractivity (Wildman–Crippen MR) is 114 cm³/mol. The van der Waals surface area contributed by atoms with Crippen molar-refractivity contribution in [3.63, 3.8) is 0 Å². The lowest BCUT2D eigenvalue weighted by molar-refractivity contribution is -0.388. The van der Waals surface area contributed by atoms with Crippen LogP contribution in [-0.2, 0) is 10.9 Å². The minimum absolute atomic E-state index is 0.00132. The van der Waals surface area contributed by atoms with E-state index in [9.17, 15) is 23.3 Å². The molecular weight excluding hydrogens is 409 g/mol. The van der Waals surface area contributed by atoms with Crippen LogP contribution in [0.4, 0.5) is 24.5 Å². The summed E-state index contributed by atoms with van der Waals surface area (Å²) >= 11 is 0. The average Bonchev–Trinajstić information content (AvgIpc) is 2.71. The van der Waals surface area contributed by atoms with Gasteiger partial charge in [0.2, 0.25) is 0 Å². The van der Waals surface area contributed by atoms with E-state index in [1.54, 1.807) is 0 Å². The molecule has 168 valence electrons. The fourth-order valence-corrected chi connectivity index (χ4v) is 3.92. The van der Waals surface area contributed by atoms with Gasteiger partial charge < -0.3 is 10.1 Å². The van der Waals surface area contributed by atoms with Crippen molar-refractivity contribution in [3.05, 3.63) is 69.0 Å². The summed E-state index contributed by atoms with van der Waals surface area (Å²) in [5.41, 5.74) is 0.703. The zero-order valence-corrected chi connectivity index (χ0v) is 17.7. The van der Waals surface area contributed by atoms with Crippen molar-refractivity contribution in [1.29, 1.82) is 0 Å². The molecule has 5 nitrogen and oxygen atoms in total. The van der Waals surface area contributed by atoms with E-state index < -0.39 is 22.4 Å². The van der Waals surface area contributed by atoms with E-state index in [1.807, 2.05) is 12.2 Å². The Labute approximate surface area is 179 Å². The largest absolute Gasteiger partial charge is 0.495 e. The first kappa shape index (κ1) is 22.9. The number of benzene rings is 1. The first-order chi connectivity index (χ1) is 14.6.